The Hall–Kier alpha value is -1.84. The molecule has 1 heterocycles. The zero-order chi connectivity index (χ0) is 23.8. The Kier molecular flexibility index (Phi) is 7.21. The normalized spacial score (nSPS) is 24.8. The summed E-state index contributed by atoms with van der Waals surface area (Å²) in [6.45, 7) is 0.995. The first-order chi connectivity index (χ1) is 15.8. The lowest BCUT2D eigenvalue weighted by molar-refractivity contribution is 0.156. The number of ether oxygens (including phenoxy) is 2. The van der Waals surface area contributed by atoms with E-state index in [-0.39, 0.29) is 23.2 Å². The van der Waals surface area contributed by atoms with Crippen molar-refractivity contribution in [2.45, 2.75) is 43.2 Å². The molecule has 2 aromatic carbocycles. The minimum atomic E-state index is -0.502. The van der Waals surface area contributed by atoms with Crippen LogP contribution in [0, 0.1) is 5.82 Å². The zero-order valence-corrected chi connectivity index (χ0v) is 22.1. The monoisotopic (exact) mass is 583 g/mol. The Morgan fingerprint density at radius 1 is 1.15 bits per heavy atom. The number of halogens is 3. The van der Waals surface area contributed by atoms with Crippen molar-refractivity contribution in [3.05, 3.63) is 50.7 Å². The van der Waals surface area contributed by atoms with E-state index in [4.69, 9.17) is 9.47 Å². The van der Waals surface area contributed by atoms with Crippen LogP contribution in [0.4, 0.5) is 14.9 Å². The maximum absolute atomic E-state index is 14.3. The van der Waals surface area contributed by atoms with Crippen LogP contribution in [0.5, 0.6) is 11.5 Å². The van der Waals surface area contributed by atoms with E-state index in [9.17, 15) is 9.18 Å². The molecule has 178 valence electrons. The Balaban J connectivity index is 1.49. The molecule has 2 aliphatic rings. The molecule has 0 aromatic heterocycles. The second-order valence-corrected chi connectivity index (χ2v) is 10.6. The molecule has 2 N–H and O–H groups in total. The number of nitrogens with one attached hydrogen (secondary N) is 2. The average molecular weight is 585 g/mol. The van der Waals surface area contributed by atoms with Gasteiger partial charge in [0.25, 0.3) is 0 Å². The fraction of sp³-hybridized carbons (Fsp3) is 0.458. The molecule has 0 spiro atoms. The number of methoxy groups -OCH3 is 2. The number of urea groups is 1. The van der Waals surface area contributed by atoms with E-state index in [0.29, 0.717) is 8.95 Å². The molecule has 1 aliphatic carbocycles. The number of carbonyl (C=O) groups is 1. The van der Waals surface area contributed by atoms with Crippen LogP contribution in [-0.2, 0) is 5.41 Å². The predicted molar refractivity (Wildman–Crippen MR) is 134 cm³/mol. The van der Waals surface area contributed by atoms with Gasteiger partial charge in [0, 0.05) is 26.4 Å². The van der Waals surface area contributed by atoms with Crippen molar-refractivity contribution in [1.82, 2.24) is 10.2 Å². The van der Waals surface area contributed by atoms with Crippen LogP contribution in [0.3, 0.4) is 0 Å². The number of likely N-dealkylation sites (tertiary alicyclic amines) is 1. The van der Waals surface area contributed by atoms with Gasteiger partial charge in [-0.3, -0.25) is 0 Å². The standard InChI is InChI=1S/C24H28Br2FN3O3/c1-30-9-8-24(14-4-5-19(32-2)20(10-14)33-3)7-6-16(13-21(24)30)28-23(31)29-22-17(26)11-15(25)12-18(22)27/h4-5,10-12,16,21H,6-9,13H2,1-3H3,(H2,28,29,31). The predicted octanol–water partition coefficient (Wildman–Crippen LogP) is 5.68. The summed E-state index contributed by atoms with van der Waals surface area (Å²) in [6.07, 6.45) is 3.66. The first kappa shape index (κ1) is 24.3. The summed E-state index contributed by atoms with van der Waals surface area (Å²) >= 11 is 6.56. The van der Waals surface area contributed by atoms with Gasteiger partial charge in [-0.05, 0) is 85.0 Å². The van der Waals surface area contributed by atoms with Crippen LogP contribution in [-0.4, -0.2) is 50.8 Å². The van der Waals surface area contributed by atoms with Crippen LogP contribution in [0.15, 0.2) is 39.3 Å². The molecule has 1 saturated heterocycles. The zero-order valence-electron chi connectivity index (χ0n) is 18.9. The quantitative estimate of drug-likeness (QED) is 0.474. The molecular formula is C24H28Br2FN3O3. The molecule has 2 aromatic rings. The highest BCUT2D eigenvalue weighted by molar-refractivity contribution is 9.11. The minimum absolute atomic E-state index is 0.00102. The van der Waals surface area contributed by atoms with Gasteiger partial charge in [-0.1, -0.05) is 22.0 Å². The first-order valence-electron chi connectivity index (χ1n) is 10.9. The van der Waals surface area contributed by atoms with Crippen molar-refractivity contribution in [3.8, 4) is 11.5 Å². The second-order valence-electron chi connectivity index (χ2n) is 8.79. The molecule has 9 heteroatoms. The van der Waals surface area contributed by atoms with Gasteiger partial charge in [0.1, 0.15) is 5.82 Å². The van der Waals surface area contributed by atoms with Crippen molar-refractivity contribution >= 4 is 43.6 Å². The molecule has 6 nitrogen and oxygen atoms in total. The summed E-state index contributed by atoms with van der Waals surface area (Å²) in [5.41, 5.74) is 1.38. The van der Waals surface area contributed by atoms with Gasteiger partial charge in [-0.2, -0.15) is 0 Å². The number of hydrogen-bond donors (Lipinski definition) is 2. The van der Waals surface area contributed by atoms with Crippen molar-refractivity contribution in [2.75, 3.05) is 33.1 Å². The van der Waals surface area contributed by atoms with Gasteiger partial charge in [-0.25, -0.2) is 9.18 Å². The van der Waals surface area contributed by atoms with Gasteiger partial charge in [0.15, 0.2) is 11.5 Å². The molecule has 1 aliphatic heterocycles. The molecule has 0 radical (unpaired) electrons. The summed E-state index contributed by atoms with van der Waals surface area (Å²) in [6, 6.07) is 9.12. The maximum atomic E-state index is 14.3. The molecule has 1 saturated carbocycles. The van der Waals surface area contributed by atoms with E-state index in [0.717, 1.165) is 43.7 Å². The Morgan fingerprint density at radius 2 is 1.91 bits per heavy atom. The average Bonchev–Trinajstić information content (AvgIpc) is 3.13. The molecule has 33 heavy (non-hydrogen) atoms. The maximum Gasteiger partial charge on any atom is 0.319 e. The van der Waals surface area contributed by atoms with Crippen molar-refractivity contribution < 1.29 is 18.7 Å². The number of amides is 2. The topological polar surface area (TPSA) is 62.8 Å². The van der Waals surface area contributed by atoms with E-state index in [1.54, 1.807) is 20.3 Å². The van der Waals surface area contributed by atoms with E-state index in [2.05, 4.69) is 66.6 Å². The number of hydrogen-bond acceptors (Lipinski definition) is 4. The number of rotatable bonds is 5. The van der Waals surface area contributed by atoms with Crippen LogP contribution in [0.1, 0.15) is 31.2 Å². The van der Waals surface area contributed by atoms with Gasteiger partial charge in [-0.15, -0.1) is 0 Å². The van der Waals surface area contributed by atoms with Crippen molar-refractivity contribution in [3.63, 3.8) is 0 Å². The number of fused-ring (bicyclic) bond motifs is 1. The lowest BCUT2D eigenvalue weighted by Crippen LogP contribution is -2.52. The largest absolute Gasteiger partial charge is 0.493 e. The number of likely N-dealkylation sites (N-methyl/N-ethyl adjacent to an activating group) is 1. The highest BCUT2D eigenvalue weighted by Gasteiger charge is 2.50. The smallest absolute Gasteiger partial charge is 0.319 e. The van der Waals surface area contributed by atoms with E-state index < -0.39 is 11.8 Å². The molecule has 4 rings (SSSR count). The number of benzene rings is 2. The fourth-order valence-electron chi connectivity index (χ4n) is 5.39. The van der Waals surface area contributed by atoms with E-state index in [1.165, 1.54) is 11.6 Å². The van der Waals surface area contributed by atoms with Gasteiger partial charge in [0.05, 0.1) is 19.9 Å². The van der Waals surface area contributed by atoms with Crippen LogP contribution in [0.2, 0.25) is 0 Å². The Labute approximate surface area is 210 Å². The van der Waals surface area contributed by atoms with Crippen LogP contribution in [0.25, 0.3) is 0 Å². The van der Waals surface area contributed by atoms with E-state index in [1.807, 2.05) is 6.07 Å². The third-order valence-corrected chi connectivity index (χ3v) is 8.15. The van der Waals surface area contributed by atoms with Gasteiger partial charge < -0.3 is 25.0 Å². The first-order valence-corrected chi connectivity index (χ1v) is 12.5. The number of anilines is 1. The lowest BCUT2D eigenvalue weighted by Gasteiger charge is -2.45. The summed E-state index contributed by atoms with van der Waals surface area (Å²) in [5, 5.41) is 5.71. The number of nitrogens with zero attached hydrogens (tertiary/aromatic N) is 1. The van der Waals surface area contributed by atoms with Crippen molar-refractivity contribution in [1.29, 1.82) is 0 Å². The summed E-state index contributed by atoms with van der Waals surface area (Å²) < 4.78 is 26.4. The van der Waals surface area contributed by atoms with E-state index >= 15 is 0 Å². The molecule has 0 bridgehead atoms. The third kappa shape index (κ3) is 4.72. The lowest BCUT2D eigenvalue weighted by atomic mass is 9.65. The van der Waals surface area contributed by atoms with Crippen LogP contribution >= 0.6 is 31.9 Å². The number of carbonyl (C=O) groups excluding carboxylic acids is 1. The second kappa shape index (κ2) is 9.80. The minimum Gasteiger partial charge on any atom is -0.493 e. The van der Waals surface area contributed by atoms with Crippen molar-refractivity contribution in [2.24, 2.45) is 0 Å². The molecule has 2 fully saturated rings. The highest BCUT2D eigenvalue weighted by Crippen LogP contribution is 2.49. The Bertz CT molecular complexity index is 1030. The fourth-order valence-corrected chi connectivity index (χ4v) is 6.66. The Morgan fingerprint density at radius 3 is 2.61 bits per heavy atom. The molecule has 3 atom stereocenters. The molecule has 2 amide bonds. The van der Waals surface area contributed by atoms with Crippen LogP contribution < -0.4 is 20.1 Å². The summed E-state index contributed by atoms with van der Waals surface area (Å²) in [7, 11) is 5.44. The molecular weight excluding hydrogens is 557 g/mol. The van der Waals surface area contributed by atoms with Gasteiger partial charge in [0.2, 0.25) is 0 Å². The molecule has 3 unspecified atom stereocenters. The van der Waals surface area contributed by atoms with Gasteiger partial charge >= 0.3 is 6.03 Å². The summed E-state index contributed by atoms with van der Waals surface area (Å²) in [4.78, 5) is 15.1. The summed E-state index contributed by atoms with van der Waals surface area (Å²) in [5.74, 6) is 0.955. The third-order valence-electron chi connectivity index (χ3n) is 7.07. The highest BCUT2D eigenvalue weighted by atomic mass is 79.9. The SMILES string of the molecule is COc1ccc(C23CCC(NC(=O)Nc4c(F)cc(Br)cc4Br)CC2N(C)CC3)cc1OC.